The van der Waals surface area contributed by atoms with Crippen molar-refractivity contribution in [2.75, 3.05) is 7.11 Å². The minimum atomic E-state index is -0.869. The number of ether oxygens (including phenoxy) is 2. The highest BCUT2D eigenvalue weighted by Gasteiger charge is 2.37. The summed E-state index contributed by atoms with van der Waals surface area (Å²) in [5, 5.41) is 13.4. The molecule has 0 bridgehead atoms. The quantitative estimate of drug-likeness (QED) is 0.733. The Hall–Kier alpha value is -3.01. The van der Waals surface area contributed by atoms with E-state index in [9.17, 15) is 14.9 Å². The molecule has 7 nitrogen and oxygen atoms in total. The molecule has 1 heterocycles. The molecule has 1 unspecified atom stereocenters. The maximum absolute atomic E-state index is 13.3. The zero-order chi connectivity index (χ0) is 21.9. The number of carbonyl (C=O) groups is 2. The fourth-order valence-electron chi connectivity index (χ4n) is 3.84. The van der Waals surface area contributed by atoms with Crippen LogP contribution in [-0.2, 0) is 9.53 Å². The second-order valence-corrected chi connectivity index (χ2v) is 8.76. The van der Waals surface area contributed by atoms with Gasteiger partial charge in [0.25, 0.3) is 11.9 Å². The lowest BCUT2D eigenvalue weighted by molar-refractivity contribution is -0.155. The van der Waals surface area contributed by atoms with Gasteiger partial charge in [-0.2, -0.15) is 5.26 Å². The van der Waals surface area contributed by atoms with Crippen LogP contribution in [0, 0.1) is 16.7 Å². The maximum atomic E-state index is 13.3. The van der Waals surface area contributed by atoms with Gasteiger partial charge in [-0.1, -0.05) is 27.2 Å². The van der Waals surface area contributed by atoms with Gasteiger partial charge in [0.05, 0.1) is 29.7 Å². The molecule has 1 aliphatic rings. The predicted octanol–water partition coefficient (Wildman–Crippen LogP) is 4.33. The highest BCUT2D eigenvalue weighted by atomic mass is 16.6. The van der Waals surface area contributed by atoms with E-state index in [0.717, 1.165) is 32.1 Å². The van der Waals surface area contributed by atoms with Gasteiger partial charge in [-0.3, -0.25) is 4.79 Å². The summed E-state index contributed by atoms with van der Waals surface area (Å²) in [5.74, 6) is -0.852. The zero-order valence-electron chi connectivity index (χ0n) is 17.9. The van der Waals surface area contributed by atoms with Crippen molar-refractivity contribution in [3.63, 3.8) is 0 Å². The van der Waals surface area contributed by atoms with Gasteiger partial charge in [0, 0.05) is 5.39 Å². The van der Waals surface area contributed by atoms with Crippen LogP contribution in [0.15, 0.2) is 22.8 Å². The van der Waals surface area contributed by atoms with E-state index in [0.29, 0.717) is 10.8 Å². The van der Waals surface area contributed by atoms with E-state index in [-0.39, 0.29) is 23.2 Å². The molecule has 2 aromatic rings. The van der Waals surface area contributed by atoms with Crippen molar-refractivity contribution in [2.24, 2.45) is 5.41 Å². The lowest BCUT2D eigenvalue weighted by Crippen LogP contribution is -2.50. The first kappa shape index (κ1) is 21.7. The van der Waals surface area contributed by atoms with E-state index in [1.807, 2.05) is 26.8 Å². The van der Waals surface area contributed by atoms with Crippen LogP contribution >= 0.6 is 0 Å². The van der Waals surface area contributed by atoms with Crippen LogP contribution in [0.5, 0.6) is 5.95 Å². The van der Waals surface area contributed by atoms with Gasteiger partial charge in [-0.15, -0.1) is 0 Å². The molecule has 1 aromatic heterocycles. The normalized spacial score (nSPS) is 16.0. The Labute approximate surface area is 176 Å². The number of rotatable bonds is 5. The van der Waals surface area contributed by atoms with Gasteiger partial charge < -0.3 is 19.2 Å². The van der Waals surface area contributed by atoms with Crippen molar-refractivity contribution in [2.45, 2.75) is 65.0 Å². The number of benzene rings is 1. The van der Waals surface area contributed by atoms with Crippen molar-refractivity contribution in [1.82, 2.24) is 5.32 Å². The number of nitriles is 1. The molecule has 1 fully saturated rings. The Morgan fingerprint density at radius 3 is 2.53 bits per heavy atom. The summed E-state index contributed by atoms with van der Waals surface area (Å²) in [6, 6.07) is 4.42. The first-order chi connectivity index (χ1) is 14.3. The highest BCUT2D eigenvalue weighted by molar-refractivity contribution is 6.11. The highest BCUT2D eigenvalue weighted by Crippen LogP contribution is 2.33. The summed E-state index contributed by atoms with van der Waals surface area (Å²) in [6.45, 7) is 5.60. The van der Waals surface area contributed by atoms with E-state index in [4.69, 9.17) is 13.9 Å². The van der Waals surface area contributed by atoms with E-state index >= 15 is 0 Å². The fourth-order valence-corrected chi connectivity index (χ4v) is 3.84. The third-order valence-corrected chi connectivity index (χ3v) is 5.48. The topological polar surface area (TPSA) is 102 Å². The SMILES string of the molecule is COc1occ2ccc(C#N)c(C(=O)NC(C(=O)OC3CCCCC3)C(C)(C)C)c12. The number of furan rings is 1. The maximum Gasteiger partial charge on any atom is 0.329 e. The number of nitrogens with one attached hydrogen (secondary N) is 1. The van der Waals surface area contributed by atoms with E-state index in [1.165, 1.54) is 13.4 Å². The number of nitrogens with zero attached hydrogens (tertiary/aromatic N) is 1. The standard InChI is InChI=1S/C23H28N2O5/c1-23(2,3)19(21(27)30-16-8-6-5-7-9-16)25-20(26)17-14(12-24)10-11-15-13-29-22(28-4)18(15)17/h10-11,13,16,19H,5-9H2,1-4H3,(H,25,26). The number of carbonyl (C=O) groups excluding carboxylic acids is 2. The molecule has 0 spiro atoms. The molecule has 0 aliphatic heterocycles. The van der Waals surface area contributed by atoms with Gasteiger partial charge in [0.15, 0.2) is 0 Å². The number of esters is 1. The molecule has 0 saturated heterocycles. The van der Waals surface area contributed by atoms with Crippen molar-refractivity contribution in [3.8, 4) is 12.0 Å². The monoisotopic (exact) mass is 412 g/mol. The van der Waals surface area contributed by atoms with E-state index in [1.54, 1.807) is 12.1 Å². The molecular formula is C23H28N2O5. The molecule has 160 valence electrons. The lowest BCUT2D eigenvalue weighted by Gasteiger charge is -2.32. The van der Waals surface area contributed by atoms with Crippen LogP contribution in [0.2, 0.25) is 0 Å². The predicted molar refractivity (Wildman–Crippen MR) is 111 cm³/mol. The minimum Gasteiger partial charge on any atom is -0.468 e. The van der Waals surface area contributed by atoms with Crippen LogP contribution in [-0.4, -0.2) is 31.1 Å². The molecule has 30 heavy (non-hydrogen) atoms. The smallest absolute Gasteiger partial charge is 0.329 e. The zero-order valence-corrected chi connectivity index (χ0v) is 17.9. The lowest BCUT2D eigenvalue weighted by atomic mass is 9.86. The van der Waals surface area contributed by atoms with Gasteiger partial charge in [-0.25, -0.2) is 4.79 Å². The molecular weight excluding hydrogens is 384 g/mol. The first-order valence-corrected chi connectivity index (χ1v) is 10.3. The number of amides is 1. The largest absolute Gasteiger partial charge is 0.468 e. The molecule has 1 N–H and O–H groups in total. The fraction of sp³-hybridized carbons (Fsp3) is 0.522. The average molecular weight is 412 g/mol. The summed E-state index contributed by atoms with van der Waals surface area (Å²) >= 11 is 0. The van der Waals surface area contributed by atoms with Crippen molar-refractivity contribution >= 4 is 22.6 Å². The Balaban J connectivity index is 1.92. The molecule has 7 heteroatoms. The molecule has 0 radical (unpaired) electrons. The third kappa shape index (κ3) is 4.43. The minimum absolute atomic E-state index is 0.111. The number of fused-ring (bicyclic) bond motifs is 1. The molecule has 1 atom stereocenters. The van der Waals surface area contributed by atoms with Crippen molar-refractivity contribution in [3.05, 3.63) is 29.5 Å². The molecule has 1 aliphatic carbocycles. The van der Waals surface area contributed by atoms with E-state index < -0.39 is 23.3 Å². The summed E-state index contributed by atoms with van der Waals surface area (Å²) < 4.78 is 16.3. The second kappa shape index (κ2) is 8.78. The summed E-state index contributed by atoms with van der Waals surface area (Å²) in [7, 11) is 1.43. The molecule has 3 rings (SSSR count). The first-order valence-electron chi connectivity index (χ1n) is 10.3. The second-order valence-electron chi connectivity index (χ2n) is 8.76. The van der Waals surface area contributed by atoms with Gasteiger partial charge in [-0.05, 0) is 43.2 Å². The Morgan fingerprint density at radius 1 is 1.23 bits per heavy atom. The number of hydrogen-bond acceptors (Lipinski definition) is 6. The van der Waals surface area contributed by atoms with Gasteiger partial charge in [0.1, 0.15) is 18.4 Å². The van der Waals surface area contributed by atoms with Gasteiger partial charge >= 0.3 is 5.97 Å². The van der Waals surface area contributed by atoms with Gasteiger partial charge in [0.2, 0.25) is 0 Å². The third-order valence-electron chi connectivity index (χ3n) is 5.48. The summed E-state index contributed by atoms with van der Waals surface area (Å²) in [4.78, 5) is 26.3. The van der Waals surface area contributed by atoms with Crippen LogP contribution < -0.4 is 10.1 Å². The Morgan fingerprint density at radius 2 is 1.93 bits per heavy atom. The molecule has 1 amide bonds. The average Bonchev–Trinajstić information content (AvgIpc) is 3.14. The Kier molecular flexibility index (Phi) is 6.35. The molecule has 1 saturated carbocycles. The number of hydrogen-bond donors (Lipinski definition) is 1. The van der Waals surface area contributed by atoms with Crippen LogP contribution in [0.25, 0.3) is 10.8 Å². The Bertz CT molecular complexity index is 974. The number of methoxy groups -OCH3 is 1. The van der Waals surface area contributed by atoms with Crippen LogP contribution in [0.4, 0.5) is 0 Å². The summed E-state index contributed by atoms with van der Waals surface area (Å²) in [5.41, 5.74) is -0.281. The van der Waals surface area contributed by atoms with Crippen LogP contribution in [0.1, 0.15) is 68.8 Å². The van der Waals surface area contributed by atoms with Crippen molar-refractivity contribution in [1.29, 1.82) is 5.26 Å². The van der Waals surface area contributed by atoms with Crippen LogP contribution in [0.3, 0.4) is 0 Å². The van der Waals surface area contributed by atoms with E-state index in [2.05, 4.69) is 5.32 Å². The van der Waals surface area contributed by atoms with Crippen molar-refractivity contribution < 1.29 is 23.5 Å². The molecule has 1 aromatic carbocycles. The summed E-state index contributed by atoms with van der Waals surface area (Å²) in [6.07, 6.45) is 6.28.